The van der Waals surface area contributed by atoms with Crippen LogP contribution in [-0.4, -0.2) is 41.4 Å². The Balaban J connectivity index is 1.72. The fourth-order valence-electron chi connectivity index (χ4n) is 2.80. The first kappa shape index (κ1) is 15.1. The molecule has 0 unspecified atom stereocenters. The molecule has 1 spiro atoms. The number of hydrogen-bond donors (Lipinski definition) is 2. The molecule has 1 aromatic carbocycles. The van der Waals surface area contributed by atoms with E-state index in [0.717, 1.165) is 0 Å². The molecule has 2 heterocycles. The molecule has 2 aliphatic rings. The Morgan fingerprint density at radius 2 is 1.86 bits per heavy atom. The molecule has 2 saturated heterocycles. The van der Waals surface area contributed by atoms with Gasteiger partial charge in [0.05, 0.1) is 10.6 Å². The van der Waals surface area contributed by atoms with Gasteiger partial charge < -0.3 is 10.2 Å². The highest BCUT2D eigenvalue weighted by Crippen LogP contribution is 2.28. The lowest BCUT2D eigenvalue weighted by atomic mass is 9.87. The number of hydrogen-bond acceptors (Lipinski definition) is 3. The molecule has 8 heteroatoms. The Kier molecular flexibility index (Phi) is 3.74. The monoisotopic (exact) mass is 341 g/mol. The fraction of sp³-hybridized carbons (Fsp3) is 0.357. The topological polar surface area (TPSA) is 78.5 Å². The molecule has 4 amide bonds. The van der Waals surface area contributed by atoms with Crippen molar-refractivity contribution in [1.82, 2.24) is 15.5 Å². The third kappa shape index (κ3) is 2.53. The normalized spacial score (nSPS) is 20.0. The molecule has 22 heavy (non-hydrogen) atoms. The van der Waals surface area contributed by atoms with Gasteiger partial charge in [0, 0.05) is 18.1 Å². The van der Waals surface area contributed by atoms with Crippen molar-refractivity contribution in [1.29, 1.82) is 0 Å². The van der Waals surface area contributed by atoms with Crippen LogP contribution in [0.3, 0.4) is 0 Å². The Morgan fingerprint density at radius 3 is 2.41 bits per heavy atom. The van der Waals surface area contributed by atoms with Crippen LogP contribution in [0.5, 0.6) is 0 Å². The summed E-state index contributed by atoms with van der Waals surface area (Å²) in [7, 11) is 0. The largest absolute Gasteiger partial charge is 0.338 e. The second-order valence-corrected chi connectivity index (χ2v) is 6.25. The van der Waals surface area contributed by atoms with E-state index in [1.54, 1.807) is 17.0 Å². The molecule has 2 fully saturated rings. The van der Waals surface area contributed by atoms with E-state index in [-0.39, 0.29) is 11.8 Å². The zero-order chi connectivity index (χ0) is 15.9. The number of urea groups is 1. The van der Waals surface area contributed by atoms with E-state index in [2.05, 4.69) is 10.6 Å². The van der Waals surface area contributed by atoms with Gasteiger partial charge in [0.15, 0.2) is 0 Å². The molecule has 3 rings (SSSR count). The van der Waals surface area contributed by atoms with E-state index < -0.39 is 11.6 Å². The summed E-state index contributed by atoms with van der Waals surface area (Å²) >= 11 is 11.9. The minimum Gasteiger partial charge on any atom is -0.338 e. The maximum Gasteiger partial charge on any atom is 0.322 e. The molecule has 0 aromatic heterocycles. The number of benzene rings is 1. The lowest BCUT2D eigenvalue weighted by Gasteiger charge is -2.37. The number of halogens is 2. The Labute approximate surface area is 136 Å². The summed E-state index contributed by atoms with van der Waals surface area (Å²) in [6, 6.07) is 4.23. The summed E-state index contributed by atoms with van der Waals surface area (Å²) in [5, 5.41) is 5.65. The van der Waals surface area contributed by atoms with Crippen molar-refractivity contribution in [3.63, 3.8) is 0 Å². The smallest absolute Gasteiger partial charge is 0.322 e. The number of carbonyl (C=O) groups is 3. The SMILES string of the molecule is O=C1NC(=O)C2(CCN(C(=O)c3ccc(Cl)cc3Cl)CC2)N1. The first-order valence-electron chi connectivity index (χ1n) is 6.79. The van der Waals surface area contributed by atoms with Crippen LogP contribution < -0.4 is 10.6 Å². The highest BCUT2D eigenvalue weighted by Gasteiger charge is 2.48. The highest BCUT2D eigenvalue weighted by molar-refractivity contribution is 6.36. The lowest BCUT2D eigenvalue weighted by molar-refractivity contribution is -0.125. The van der Waals surface area contributed by atoms with Gasteiger partial charge in [-0.3, -0.25) is 14.9 Å². The average molecular weight is 342 g/mol. The predicted molar refractivity (Wildman–Crippen MR) is 81.0 cm³/mol. The van der Waals surface area contributed by atoms with Gasteiger partial charge in [0.2, 0.25) is 0 Å². The Morgan fingerprint density at radius 1 is 1.18 bits per heavy atom. The van der Waals surface area contributed by atoms with Crippen LogP contribution >= 0.6 is 23.2 Å². The Bertz CT molecular complexity index is 669. The van der Waals surface area contributed by atoms with Gasteiger partial charge in [-0.25, -0.2) is 4.79 Å². The van der Waals surface area contributed by atoms with E-state index in [1.165, 1.54) is 6.07 Å². The van der Waals surface area contributed by atoms with Gasteiger partial charge >= 0.3 is 6.03 Å². The van der Waals surface area contributed by atoms with Crippen molar-refractivity contribution < 1.29 is 14.4 Å². The first-order chi connectivity index (χ1) is 10.4. The van der Waals surface area contributed by atoms with Crippen LogP contribution in [0, 0.1) is 0 Å². The second-order valence-electron chi connectivity index (χ2n) is 5.41. The molecule has 2 N–H and O–H groups in total. The van der Waals surface area contributed by atoms with E-state index in [1.807, 2.05) is 0 Å². The molecule has 2 aliphatic heterocycles. The van der Waals surface area contributed by atoms with Crippen LogP contribution in [0.25, 0.3) is 0 Å². The summed E-state index contributed by atoms with van der Waals surface area (Å²) in [5.74, 6) is -0.532. The van der Waals surface area contributed by atoms with E-state index in [4.69, 9.17) is 23.2 Å². The van der Waals surface area contributed by atoms with Crippen LogP contribution in [-0.2, 0) is 4.79 Å². The van der Waals surface area contributed by atoms with Crippen molar-refractivity contribution in [3.05, 3.63) is 33.8 Å². The minimum atomic E-state index is -0.891. The van der Waals surface area contributed by atoms with Gasteiger partial charge in [-0.05, 0) is 31.0 Å². The number of rotatable bonds is 1. The van der Waals surface area contributed by atoms with Crippen LogP contribution in [0.1, 0.15) is 23.2 Å². The maximum absolute atomic E-state index is 12.5. The number of likely N-dealkylation sites (tertiary alicyclic amines) is 1. The van der Waals surface area contributed by atoms with Crippen LogP contribution in [0.15, 0.2) is 18.2 Å². The molecule has 1 aromatic rings. The van der Waals surface area contributed by atoms with Gasteiger partial charge in [0.1, 0.15) is 5.54 Å². The summed E-state index contributed by atoms with van der Waals surface area (Å²) in [6.45, 7) is 0.733. The maximum atomic E-state index is 12.5. The van der Waals surface area contributed by atoms with Gasteiger partial charge in [0.25, 0.3) is 11.8 Å². The molecule has 0 aliphatic carbocycles. The first-order valence-corrected chi connectivity index (χ1v) is 7.55. The lowest BCUT2D eigenvalue weighted by Crippen LogP contribution is -2.55. The summed E-state index contributed by atoms with van der Waals surface area (Å²) in [5.41, 5.74) is -0.514. The second kappa shape index (κ2) is 5.44. The molecule has 0 saturated carbocycles. The van der Waals surface area contributed by atoms with Gasteiger partial charge in [-0.15, -0.1) is 0 Å². The standard InChI is InChI=1S/C14H13Cl2N3O3/c15-8-1-2-9(10(16)7-8)11(20)19-5-3-14(4-6-19)12(21)17-13(22)18-14/h1-2,7H,3-6H2,(H2,17,18,21,22). The summed E-state index contributed by atoms with van der Waals surface area (Å²) in [6.07, 6.45) is 0.753. The van der Waals surface area contributed by atoms with Crippen LogP contribution in [0.4, 0.5) is 4.79 Å². The molecule has 6 nitrogen and oxygen atoms in total. The minimum absolute atomic E-state index is 0.207. The molecular weight excluding hydrogens is 329 g/mol. The molecular formula is C14H13Cl2N3O3. The highest BCUT2D eigenvalue weighted by atomic mass is 35.5. The zero-order valence-electron chi connectivity index (χ0n) is 11.5. The third-order valence-corrected chi connectivity index (χ3v) is 4.63. The van der Waals surface area contributed by atoms with E-state index >= 15 is 0 Å². The molecule has 0 atom stereocenters. The van der Waals surface area contributed by atoms with Crippen molar-refractivity contribution in [2.75, 3.05) is 13.1 Å². The molecule has 116 valence electrons. The van der Waals surface area contributed by atoms with Gasteiger partial charge in [-0.2, -0.15) is 0 Å². The fourth-order valence-corrected chi connectivity index (χ4v) is 3.29. The quantitative estimate of drug-likeness (QED) is 0.764. The zero-order valence-corrected chi connectivity index (χ0v) is 13.0. The molecule has 0 radical (unpaired) electrons. The van der Waals surface area contributed by atoms with Crippen LogP contribution in [0.2, 0.25) is 10.0 Å². The Hall–Kier alpha value is -1.79. The molecule has 0 bridgehead atoms. The van der Waals surface area contributed by atoms with Crippen molar-refractivity contribution >= 4 is 41.0 Å². The van der Waals surface area contributed by atoms with Crippen molar-refractivity contribution in [2.45, 2.75) is 18.4 Å². The number of piperidine rings is 1. The third-order valence-electron chi connectivity index (χ3n) is 4.08. The predicted octanol–water partition coefficient (Wildman–Crippen LogP) is 1.81. The van der Waals surface area contributed by atoms with E-state index in [0.29, 0.717) is 41.5 Å². The number of nitrogens with one attached hydrogen (secondary N) is 2. The number of nitrogens with zero attached hydrogens (tertiary/aromatic N) is 1. The summed E-state index contributed by atoms with van der Waals surface area (Å²) < 4.78 is 0. The van der Waals surface area contributed by atoms with Crippen molar-refractivity contribution in [2.24, 2.45) is 0 Å². The average Bonchev–Trinajstić information content (AvgIpc) is 2.73. The van der Waals surface area contributed by atoms with E-state index in [9.17, 15) is 14.4 Å². The summed E-state index contributed by atoms with van der Waals surface area (Å²) in [4.78, 5) is 37.3. The van der Waals surface area contributed by atoms with Crippen molar-refractivity contribution in [3.8, 4) is 0 Å². The van der Waals surface area contributed by atoms with Gasteiger partial charge in [-0.1, -0.05) is 23.2 Å². The number of amides is 4. The number of imide groups is 1. The number of carbonyl (C=O) groups excluding carboxylic acids is 3.